The summed E-state index contributed by atoms with van der Waals surface area (Å²) in [5.41, 5.74) is 1.55. The maximum atomic E-state index is 13.1. The summed E-state index contributed by atoms with van der Waals surface area (Å²) in [7, 11) is 1.29. The predicted molar refractivity (Wildman–Crippen MR) is 139 cm³/mol. The summed E-state index contributed by atoms with van der Waals surface area (Å²) in [6.45, 7) is 1.71. The Balaban J connectivity index is 1.32. The molecule has 0 radical (unpaired) electrons. The van der Waals surface area contributed by atoms with Crippen LogP contribution in [0, 0.1) is 11.7 Å². The summed E-state index contributed by atoms with van der Waals surface area (Å²) < 4.78 is 67.1. The normalized spacial score (nSPS) is 12.6. The number of benzene rings is 3. The number of carbonyl (C=O) groups is 1. The lowest BCUT2D eigenvalue weighted by Crippen LogP contribution is -2.26. The predicted octanol–water partition coefficient (Wildman–Crippen LogP) is 6.40. The van der Waals surface area contributed by atoms with Crippen LogP contribution >= 0.6 is 0 Å². The quantitative estimate of drug-likeness (QED) is 0.0890. The molecule has 0 aliphatic rings. The minimum atomic E-state index is -4.43. The summed E-state index contributed by atoms with van der Waals surface area (Å²) in [6, 6.07) is 17.2. The van der Waals surface area contributed by atoms with E-state index in [2.05, 4.69) is 15.3 Å². The van der Waals surface area contributed by atoms with Crippen LogP contribution in [0.1, 0.15) is 29.5 Å². The number of carbonyl (C=O) groups excluding carboxylic acids is 1. The molecule has 0 saturated carbocycles. The molecule has 0 spiro atoms. The average molecular weight is 572 g/mol. The van der Waals surface area contributed by atoms with Crippen molar-refractivity contribution in [1.82, 2.24) is 10.1 Å². The molecule has 8 nitrogen and oxygen atoms in total. The van der Waals surface area contributed by atoms with Crippen molar-refractivity contribution in [3.8, 4) is 17.1 Å². The molecule has 0 amide bonds. The number of methoxy groups -OCH3 is 1. The summed E-state index contributed by atoms with van der Waals surface area (Å²) in [6.07, 6.45) is -4.14. The van der Waals surface area contributed by atoms with Gasteiger partial charge in [0.05, 0.1) is 18.4 Å². The number of alkyl halides is 3. The molecule has 1 heterocycles. The van der Waals surface area contributed by atoms with Crippen LogP contribution in [0.4, 0.5) is 17.6 Å². The average Bonchev–Trinajstić information content (AvgIpc) is 3.45. The van der Waals surface area contributed by atoms with Gasteiger partial charge in [-0.3, -0.25) is 4.79 Å². The Bertz CT molecular complexity index is 1470. The lowest BCUT2D eigenvalue weighted by molar-refractivity contribution is -0.143. The first-order valence-electron chi connectivity index (χ1n) is 12.3. The van der Waals surface area contributed by atoms with Crippen molar-refractivity contribution in [1.29, 1.82) is 0 Å². The zero-order valence-corrected chi connectivity index (χ0v) is 22.0. The van der Waals surface area contributed by atoms with E-state index in [1.54, 1.807) is 43.3 Å². The summed E-state index contributed by atoms with van der Waals surface area (Å²) >= 11 is 0. The molecule has 0 bridgehead atoms. The molecule has 1 unspecified atom stereocenters. The first kappa shape index (κ1) is 29.2. The Morgan fingerprint density at radius 1 is 0.951 bits per heavy atom. The second kappa shape index (κ2) is 13.1. The van der Waals surface area contributed by atoms with Gasteiger partial charge in [-0.2, -0.15) is 18.2 Å². The van der Waals surface area contributed by atoms with Crippen LogP contribution in [0.2, 0.25) is 0 Å². The van der Waals surface area contributed by atoms with Crippen molar-refractivity contribution in [3.63, 3.8) is 0 Å². The number of aromatic nitrogens is 2. The lowest BCUT2D eigenvalue weighted by Gasteiger charge is -2.15. The van der Waals surface area contributed by atoms with Crippen molar-refractivity contribution < 1.29 is 41.2 Å². The number of hydrogen-bond acceptors (Lipinski definition) is 8. The standard InChI is InChI=1S/C29H25F4N3O5/c1-18(35-40-16-20-3-11-23(30)12-4-20)25(28(37)38-2)15-19-5-13-24(14-6-19)39-17-26-34-27(36-41-26)21-7-9-22(10-8-21)29(31,32)33/h3-14,25H,15-17H2,1-2H3. The summed E-state index contributed by atoms with van der Waals surface area (Å²) in [5, 5.41) is 7.84. The Kier molecular flexibility index (Phi) is 9.33. The van der Waals surface area contributed by atoms with Gasteiger partial charge in [-0.05, 0) is 60.9 Å². The molecule has 0 saturated heterocycles. The van der Waals surface area contributed by atoms with Gasteiger partial charge in [-0.1, -0.05) is 46.7 Å². The van der Waals surface area contributed by atoms with E-state index in [0.717, 1.165) is 23.3 Å². The number of halogens is 4. The van der Waals surface area contributed by atoms with Crippen LogP contribution in [0.25, 0.3) is 11.4 Å². The molecule has 1 aromatic heterocycles. The third-order valence-electron chi connectivity index (χ3n) is 6.01. The number of hydrogen-bond donors (Lipinski definition) is 0. The Labute approximate surface area is 232 Å². The van der Waals surface area contributed by atoms with Crippen molar-refractivity contribution in [3.05, 3.63) is 101 Å². The topological polar surface area (TPSA) is 96.0 Å². The number of oxime groups is 1. The van der Waals surface area contributed by atoms with Crippen molar-refractivity contribution in [2.45, 2.75) is 32.7 Å². The molecule has 0 fully saturated rings. The van der Waals surface area contributed by atoms with Crippen molar-refractivity contribution in [2.24, 2.45) is 11.1 Å². The van der Waals surface area contributed by atoms with Gasteiger partial charge < -0.3 is 18.8 Å². The van der Waals surface area contributed by atoms with Gasteiger partial charge in [0.2, 0.25) is 5.82 Å². The maximum Gasteiger partial charge on any atom is 0.416 e. The molecule has 214 valence electrons. The first-order chi connectivity index (χ1) is 19.6. The van der Waals surface area contributed by atoms with Crippen LogP contribution < -0.4 is 4.74 Å². The fourth-order valence-corrected chi connectivity index (χ4v) is 3.74. The smallest absolute Gasteiger partial charge is 0.416 e. The fourth-order valence-electron chi connectivity index (χ4n) is 3.74. The molecule has 0 N–H and O–H groups in total. The molecule has 4 aromatic rings. The van der Waals surface area contributed by atoms with Gasteiger partial charge in [-0.25, -0.2) is 4.39 Å². The summed E-state index contributed by atoms with van der Waals surface area (Å²) in [5.74, 6) is -0.747. The molecule has 1 atom stereocenters. The van der Waals surface area contributed by atoms with Crippen molar-refractivity contribution >= 4 is 11.7 Å². The monoisotopic (exact) mass is 571 g/mol. The fraction of sp³-hybridized carbons (Fsp3) is 0.241. The van der Waals surface area contributed by atoms with E-state index in [1.165, 1.54) is 31.4 Å². The molecule has 12 heteroatoms. The highest BCUT2D eigenvalue weighted by Gasteiger charge is 2.30. The largest absolute Gasteiger partial charge is 0.484 e. The van der Waals surface area contributed by atoms with E-state index in [1.807, 2.05) is 0 Å². The zero-order valence-electron chi connectivity index (χ0n) is 22.0. The highest BCUT2D eigenvalue weighted by atomic mass is 19.4. The molecule has 4 rings (SSSR count). The Hall–Kier alpha value is -4.74. The van der Waals surface area contributed by atoms with E-state index in [-0.39, 0.29) is 30.7 Å². The SMILES string of the molecule is COC(=O)C(Cc1ccc(OCc2nc(-c3ccc(C(F)(F)F)cc3)no2)cc1)C(C)=NOCc1ccc(F)cc1. The third-order valence-corrected chi connectivity index (χ3v) is 6.01. The molecule has 3 aromatic carbocycles. The zero-order chi connectivity index (χ0) is 29.4. The molecule has 0 aliphatic carbocycles. The van der Waals surface area contributed by atoms with Crippen LogP contribution in [-0.4, -0.2) is 28.9 Å². The van der Waals surface area contributed by atoms with E-state index < -0.39 is 23.6 Å². The second-order valence-corrected chi connectivity index (χ2v) is 8.93. The number of ether oxygens (including phenoxy) is 2. The van der Waals surface area contributed by atoms with Gasteiger partial charge in [0.1, 0.15) is 24.1 Å². The summed E-state index contributed by atoms with van der Waals surface area (Å²) in [4.78, 5) is 21.9. The third kappa shape index (κ3) is 8.13. The van der Waals surface area contributed by atoms with Crippen LogP contribution in [0.15, 0.2) is 82.5 Å². The van der Waals surface area contributed by atoms with Crippen LogP contribution in [-0.2, 0) is 40.2 Å². The number of rotatable bonds is 11. The van der Waals surface area contributed by atoms with Gasteiger partial charge in [0.25, 0.3) is 5.89 Å². The second-order valence-electron chi connectivity index (χ2n) is 8.93. The lowest BCUT2D eigenvalue weighted by atomic mass is 9.95. The van der Waals surface area contributed by atoms with E-state index in [0.29, 0.717) is 23.4 Å². The van der Waals surface area contributed by atoms with Gasteiger partial charge in [0, 0.05) is 5.56 Å². The van der Waals surface area contributed by atoms with Crippen LogP contribution in [0.3, 0.4) is 0 Å². The number of esters is 1. The highest BCUT2D eigenvalue weighted by Crippen LogP contribution is 2.30. The van der Waals surface area contributed by atoms with Crippen molar-refractivity contribution in [2.75, 3.05) is 7.11 Å². The molecular weight excluding hydrogens is 546 g/mol. The first-order valence-corrected chi connectivity index (χ1v) is 12.3. The van der Waals surface area contributed by atoms with E-state index >= 15 is 0 Å². The van der Waals surface area contributed by atoms with Gasteiger partial charge in [0.15, 0.2) is 6.61 Å². The van der Waals surface area contributed by atoms with Gasteiger partial charge in [-0.15, -0.1) is 0 Å². The minimum Gasteiger partial charge on any atom is -0.484 e. The number of nitrogens with zero attached hydrogens (tertiary/aromatic N) is 3. The van der Waals surface area contributed by atoms with Crippen LogP contribution in [0.5, 0.6) is 5.75 Å². The minimum absolute atomic E-state index is 0.0606. The maximum absolute atomic E-state index is 13.1. The molecule has 0 aliphatic heterocycles. The van der Waals surface area contributed by atoms with E-state index in [4.69, 9.17) is 18.8 Å². The highest BCUT2D eigenvalue weighted by molar-refractivity contribution is 6.00. The Morgan fingerprint density at radius 3 is 2.24 bits per heavy atom. The Morgan fingerprint density at radius 2 is 1.61 bits per heavy atom. The van der Waals surface area contributed by atoms with E-state index in [9.17, 15) is 22.4 Å². The molecule has 41 heavy (non-hydrogen) atoms. The van der Waals surface area contributed by atoms with Gasteiger partial charge >= 0.3 is 12.1 Å². The molecular formula is C29H25F4N3O5.